The van der Waals surface area contributed by atoms with Gasteiger partial charge in [-0.2, -0.15) is 0 Å². The summed E-state index contributed by atoms with van der Waals surface area (Å²) in [5, 5.41) is 0. The molecule has 0 bridgehead atoms. The van der Waals surface area contributed by atoms with Gasteiger partial charge in [-0.05, 0) is 19.5 Å². The molecule has 2 rings (SSSR count). The van der Waals surface area contributed by atoms with E-state index in [1.54, 1.807) is 0 Å². The smallest absolute Gasteiger partial charge is 0.310 e. The fraction of sp³-hybridized carbons (Fsp3) is 0.500. The largest absolute Gasteiger partial charge is 0.466 e. The van der Waals surface area contributed by atoms with Crippen LogP contribution in [0.25, 0.3) is 0 Å². The minimum atomic E-state index is -0.0642. The summed E-state index contributed by atoms with van der Waals surface area (Å²) in [7, 11) is 2.05. The molecule has 92 valence electrons. The normalized spacial score (nSPS) is 24.8. The van der Waals surface area contributed by atoms with Crippen LogP contribution in [0, 0.1) is 5.92 Å². The van der Waals surface area contributed by atoms with Crippen molar-refractivity contribution >= 4 is 5.97 Å². The van der Waals surface area contributed by atoms with Gasteiger partial charge in [-0.15, -0.1) is 0 Å². The lowest BCUT2D eigenvalue weighted by atomic mass is 9.89. The van der Waals surface area contributed by atoms with E-state index in [0.717, 1.165) is 13.1 Å². The number of rotatable bonds is 3. The average molecular weight is 233 g/mol. The molecule has 1 aliphatic heterocycles. The first-order valence-electron chi connectivity index (χ1n) is 6.12. The predicted molar refractivity (Wildman–Crippen MR) is 66.8 cm³/mol. The molecule has 0 unspecified atom stereocenters. The second kappa shape index (κ2) is 5.32. The molecule has 0 N–H and O–H groups in total. The first kappa shape index (κ1) is 12.1. The minimum Gasteiger partial charge on any atom is -0.466 e. The van der Waals surface area contributed by atoms with Gasteiger partial charge in [-0.25, -0.2) is 0 Å². The van der Waals surface area contributed by atoms with Crippen LogP contribution in [-0.4, -0.2) is 37.6 Å². The summed E-state index contributed by atoms with van der Waals surface area (Å²) in [5.41, 5.74) is 1.23. The van der Waals surface area contributed by atoms with Crippen LogP contribution < -0.4 is 0 Å². The maximum absolute atomic E-state index is 11.9. The van der Waals surface area contributed by atoms with Gasteiger partial charge in [0.05, 0.1) is 12.5 Å². The van der Waals surface area contributed by atoms with Crippen molar-refractivity contribution in [2.75, 3.05) is 26.7 Å². The molecule has 2 atom stereocenters. The maximum Gasteiger partial charge on any atom is 0.310 e. The molecular formula is C14H19NO2. The zero-order valence-corrected chi connectivity index (χ0v) is 10.4. The second-order valence-electron chi connectivity index (χ2n) is 4.60. The molecule has 1 saturated heterocycles. The van der Waals surface area contributed by atoms with Crippen LogP contribution >= 0.6 is 0 Å². The summed E-state index contributed by atoms with van der Waals surface area (Å²) >= 11 is 0. The van der Waals surface area contributed by atoms with Gasteiger partial charge in [0.1, 0.15) is 0 Å². The third kappa shape index (κ3) is 2.67. The lowest BCUT2D eigenvalue weighted by Gasteiger charge is -2.17. The quantitative estimate of drug-likeness (QED) is 0.747. The molecule has 1 aromatic carbocycles. The van der Waals surface area contributed by atoms with E-state index >= 15 is 0 Å². The molecule has 0 saturated carbocycles. The number of esters is 1. The first-order chi connectivity index (χ1) is 8.22. The highest BCUT2D eigenvalue weighted by atomic mass is 16.5. The van der Waals surface area contributed by atoms with Crippen molar-refractivity contribution in [2.45, 2.75) is 12.8 Å². The Morgan fingerprint density at radius 3 is 2.71 bits per heavy atom. The predicted octanol–water partition coefficient (Wildman–Crippen LogP) is 1.89. The fourth-order valence-corrected chi connectivity index (χ4v) is 2.53. The Labute approximate surface area is 102 Å². The van der Waals surface area contributed by atoms with Crippen LogP contribution in [0.5, 0.6) is 0 Å². The Kier molecular flexibility index (Phi) is 3.79. The van der Waals surface area contributed by atoms with Gasteiger partial charge < -0.3 is 9.64 Å². The molecule has 1 heterocycles. The number of carbonyl (C=O) groups excluding carboxylic acids is 1. The molecule has 0 aromatic heterocycles. The van der Waals surface area contributed by atoms with Gasteiger partial charge >= 0.3 is 5.97 Å². The van der Waals surface area contributed by atoms with Gasteiger partial charge in [-0.1, -0.05) is 30.3 Å². The first-order valence-corrected chi connectivity index (χ1v) is 6.12. The summed E-state index contributed by atoms with van der Waals surface area (Å²) < 4.78 is 5.16. The van der Waals surface area contributed by atoms with E-state index in [4.69, 9.17) is 4.74 Å². The Morgan fingerprint density at radius 1 is 1.35 bits per heavy atom. The van der Waals surface area contributed by atoms with Crippen LogP contribution in [0.1, 0.15) is 18.4 Å². The molecule has 0 spiro atoms. The van der Waals surface area contributed by atoms with Crippen molar-refractivity contribution in [2.24, 2.45) is 5.92 Å². The van der Waals surface area contributed by atoms with Crippen LogP contribution in [0.15, 0.2) is 30.3 Å². The standard InChI is InChI=1S/C14H19NO2/c1-3-17-14(16)13-10-15(2)9-12(13)11-7-5-4-6-8-11/h4-8,12-13H,3,9-10H2,1-2H3/t12-,13+/m1/s1. The molecular weight excluding hydrogens is 214 g/mol. The number of carbonyl (C=O) groups is 1. The number of hydrogen-bond acceptors (Lipinski definition) is 3. The van der Waals surface area contributed by atoms with Crippen molar-refractivity contribution in [1.29, 1.82) is 0 Å². The Morgan fingerprint density at radius 2 is 2.06 bits per heavy atom. The monoisotopic (exact) mass is 233 g/mol. The zero-order chi connectivity index (χ0) is 12.3. The zero-order valence-electron chi connectivity index (χ0n) is 10.4. The number of likely N-dealkylation sites (N-methyl/N-ethyl adjacent to an activating group) is 1. The number of likely N-dealkylation sites (tertiary alicyclic amines) is 1. The molecule has 17 heavy (non-hydrogen) atoms. The third-order valence-electron chi connectivity index (χ3n) is 3.32. The molecule has 0 radical (unpaired) electrons. The number of benzene rings is 1. The molecule has 1 fully saturated rings. The van der Waals surface area contributed by atoms with Crippen molar-refractivity contribution in [1.82, 2.24) is 4.90 Å². The maximum atomic E-state index is 11.9. The van der Waals surface area contributed by atoms with E-state index in [0.29, 0.717) is 6.61 Å². The van der Waals surface area contributed by atoms with Gasteiger partial charge in [0.15, 0.2) is 0 Å². The topological polar surface area (TPSA) is 29.5 Å². The molecule has 0 amide bonds. The van der Waals surface area contributed by atoms with Crippen LogP contribution in [-0.2, 0) is 9.53 Å². The molecule has 3 nitrogen and oxygen atoms in total. The molecule has 1 aliphatic rings. The van der Waals surface area contributed by atoms with E-state index in [-0.39, 0.29) is 17.8 Å². The van der Waals surface area contributed by atoms with Crippen molar-refractivity contribution in [3.63, 3.8) is 0 Å². The summed E-state index contributed by atoms with van der Waals surface area (Å²) in [6.45, 7) is 4.03. The number of hydrogen-bond donors (Lipinski definition) is 0. The molecule has 1 aromatic rings. The van der Waals surface area contributed by atoms with E-state index in [1.165, 1.54) is 5.56 Å². The van der Waals surface area contributed by atoms with E-state index in [9.17, 15) is 4.79 Å². The van der Waals surface area contributed by atoms with Gasteiger partial charge in [-0.3, -0.25) is 4.79 Å². The van der Waals surface area contributed by atoms with Crippen molar-refractivity contribution in [3.8, 4) is 0 Å². The lowest BCUT2D eigenvalue weighted by Crippen LogP contribution is -2.24. The van der Waals surface area contributed by atoms with Crippen molar-refractivity contribution < 1.29 is 9.53 Å². The summed E-state index contributed by atoms with van der Waals surface area (Å²) in [6, 6.07) is 10.2. The highest BCUT2D eigenvalue weighted by molar-refractivity contribution is 5.74. The highest BCUT2D eigenvalue weighted by Gasteiger charge is 2.37. The number of nitrogens with zero attached hydrogens (tertiary/aromatic N) is 1. The lowest BCUT2D eigenvalue weighted by molar-refractivity contribution is -0.147. The summed E-state index contributed by atoms with van der Waals surface area (Å²) in [6.07, 6.45) is 0. The van der Waals surface area contributed by atoms with Crippen LogP contribution in [0.3, 0.4) is 0 Å². The van der Waals surface area contributed by atoms with Gasteiger partial charge in [0, 0.05) is 19.0 Å². The number of ether oxygens (including phenoxy) is 1. The minimum absolute atomic E-state index is 0.0256. The molecule has 3 heteroatoms. The van der Waals surface area contributed by atoms with Gasteiger partial charge in [0.25, 0.3) is 0 Å². The summed E-state index contributed by atoms with van der Waals surface area (Å²) in [4.78, 5) is 14.1. The van der Waals surface area contributed by atoms with Crippen molar-refractivity contribution in [3.05, 3.63) is 35.9 Å². The Balaban J connectivity index is 2.17. The van der Waals surface area contributed by atoms with E-state index in [2.05, 4.69) is 24.1 Å². The van der Waals surface area contributed by atoms with Crippen LogP contribution in [0.4, 0.5) is 0 Å². The SMILES string of the molecule is CCOC(=O)[C@H]1CN(C)C[C@@H]1c1ccccc1. The average Bonchev–Trinajstić information content (AvgIpc) is 2.73. The van der Waals surface area contributed by atoms with Gasteiger partial charge in [0.2, 0.25) is 0 Å². The molecule has 0 aliphatic carbocycles. The van der Waals surface area contributed by atoms with E-state index < -0.39 is 0 Å². The fourth-order valence-electron chi connectivity index (χ4n) is 2.53. The Hall–Kier alpha value is -1.35. The Bertz CT molecular complexity index is 377. The van der Waals surface area contributed by atoms with Crippen LogP contribution in [0.2, 0.25) is 0 Å². The second-order valence-corrected chi connectivity index (χ2v) is 4.60. The third-order valence-corrected chi connectivity index (χ3v) is 3.32. The highest BCUT2D eigenvalue weighted by Crippen LogP contribution is 2.32. The summed E-state index contributed by atoms with van der Waals surface area (Å²) in [5.74, 6) is 0.174. The van der Waals surface area contributed by atoms with E-state index in [1.807, 2.05) is 25.1 Å².